The van der Waals surface area contributed by atoms with Gasteiger partial charge in [0.1, 0.15) is 11.6 Å². The van der Waals surface area contributed by atoms with E-state index >= 15 is 0 Å². The Balaban J connectivity index is 1.37. The van der Waals surface area contributed by atoms with Crippen LogP contribution >= 0.6 is 0 Å². The number of anilines is 1. The van der Waals surface area contributed by atoms with Gasteiger partial charge in [-0.25, -0.2) is 4.39 Å². The summed E-state index contributed by atoms with van der Waals surface area (Å²) in [5.41, 5.74) is 4.79. The first-order valence-electron chi connectivity index (χ1n) is 11.7. The molecule has 0 aromatic heterocycles. The molecule has 0 bridgehead atoms. The van der Waals surface area contributed by atoms with E-state index in [0.717, 1.165) is 47.2 Å². The van der Waals surface area contributed by atoms with Crippen LogP contribution in [-0.2, 0) is 16.0 Å². The summed E-state index contributed by atoms with van der Waals surface area (Å²) in [7, 11) is 0. The Hall–Kier alpha value is -3.67. The van der Waals surface area contributed by atoms with Crippen LogP contribution in [0.25, 0.3) is 0 Å². The fourth-order valence-corrected chi connectivity index (χ4v) is 4.47. The van der Waals surface area contributed by atoms with Crippen molar-refractivity contribution in [2.75, 3.05) is 18.5 Å². The van der Waals surface area contributed by atoms with Gasteiger partial charge in [0.15, 0.2) is 6.61 Å². The van der Waals surface area contributed by atoms with Crippen molar-refractivity contribution in [2.24, 2.45) is 5.92 Å². The highest BCUT2D eigenvalue weighted by atomic mass is 19.1. The van der Waals surface area contributed by atoms with E-state index in [1.165, 1.54) is 12.1 Å². The number of carbonyl (C=O) groups excluding carboxylic acids is 2. The van der Waals surface area contributed by atoms with Crippen LogP contribution in [0.2, 0.25) is 0 Å². The van der Waals surface area contributed by atoms with Crippen molar-refractivity contribution in [3.63, 3.8) is 0 Å². The number of carbonyl (C=O) groups is 2. The first kappa shape index (κ1) is 22.1. The van der Waals surface area contributed by atoms with E-state index in [-0.39, 0.29) is 36.2 Å². The summed E-state index contributed by atoms with van der Waals surface area (Å²) in [4.78, 5) is 27.4. The molecule has 174 valence electrons. The SMILES string of the molecule is Cc1ccc(NC(=O)COc2ccc3c(c2)C(c2ccc(F)cc2)N(C(=O)C2CC2)CC3)cc1. The molecule has 2 aliphatic rings. The van der Waals surface area contributed by atoms with Crippen molar-refractivity contribution in [3.05, 3.63) is 94.8 Å². The van der Waals surface area contributed by atoms with Gasteiger partial charge in [-0.15, -0.1) is 0 Å². The van der Waals surface area contributed by atoms with Crippen molar-refractivity contribution in [2.45, 2.75) is 32.2 Å². The molecule has 0 radical (unpaired) electrons. The maximum absolute atomic E-state index is 13.6. The Morgan fingerprint density at radius 3 is 2.47 bits per heavy atom. The number of hydrogen-bond donors (Lipinski definition) is 1. The molecule has 3 aromatic carbocycles. The molecule has 0 saturated heterocycles. The molecule has 5 rings (SSSR count). The standard InChI is InChI=1S/C28H27FN2O3/c1-18-2-11-23(12-3-18)30-26(32)17-34-24-13-8-19-14-15-31(28(33)21-4-5-21)27(25(19)16-24)20-6-9-22(29)10-7-20/h2-3,6-13,16,21,27H,4-5,14-15,17H2,1H3,(H,30,32). The van der Waals surface area contributed by atoms with Gasteiger partial charge in [0.05, 0.1) is 6.04 Å². The monoisotopic (exact) mass is 458 g/mol. The molecule has 0 spiro atoms. The predicted octanol–water partition coefficient (Wildman–Crippen LogP) is 5.04. The van der Waals surface area contributed by atoms with Gasteiger partial charge in [-0.2, -0.15) is 0 Å². The van der Waals surface area contributed by atoms with Crippen LogP contribution in [0.3, 0.4) is 0 Å². The first-order chi connectivity index (χ1) is 16.5. The highest BCUT2D eigenvalue weighted by Crippen LogP contribution is 2.41. The maximum atomic E-state index is 13.6. The van der Waals surface area contributed by atoms with Crippen molar-refractivity contribution < 1.29 is 18.7 Å². The van der Waals surface area contributed by atoms with E-state index in [4.69, 9.17) is 4.74 Å². The molecule has 6 heteroatoms. The van der Waals surface area contributed by atoms with Gasteiger partial charge >= 0.3 is 0 Å². The lowest BCUT2D eigenvalue weighted by molar-refractivity contribution is -0.134. The molecule has 1 aliphatic heterocycles. The molecular weight excluding hydrogens is 431 g/mol. The minimum atomic E-state index is -0.309. The van der Waals surface area contributed by atoms with Crippen molar-refractivity contribution >= 4 is 17.5 Å². The number of ether oxygens (including phenoxy) is 1. The lowest BCUT2D eigenvalue weighted by Crippen LogP contribution is -2.41. The van der Waals surface area contributed by atoms with Crippen molar-refractivity contribution in [1.29, 1.82) is 0 Å². The molecule has 1 fully saturated rings. The Bertz CT molecular complexity index is 1200. The second-order valence-electron chi connectivity index (χ2n) is 9.07. The predicted molar refractivity (Wildman–Crippen MR) is 128 cm³/mol. The zero-order chi connectivity index (χ0) is 23.7. The third kappa shape index (κ3) is 4.81. The molecule has 1 N–H and O–H groups in total. The average Bonchev–Trinajstić information content (AvgIpc) is 3.69. The van der Waals surface area contributed by atoms with Gasteiger partial charge in [0.25, 0.3) is 5.91 Å². The van der Waals surface area contributed by atoms with E-state index in [0.29, 0.717) is 12.3 Å². The third-order valence-electron chi connectivity index (χ3n) is 6.45. The summed E-state index contributed by atoms with van der Waals surface area (Å²) >= 11 is 0. The topological polar surface area (TPSA) is 58.6 Å². The highest BCUT2D eigenvalue weighted by Gasteiger charge is 2.39. The number of nitrogens with one attached hydrogen (secondary N) is 1. The quantitative estimate of drug-likeness (QED) is 0.563. The molecule has 1 aliphatic carbocycles. The van der Waals surface area contributed by atoms with Gasteiger partial charge in [-0.05, 0) is 79.3 Å². The smallest absolute Gasteiger partial charge is 0.262 e. The lowest BCUT2D eigenvalue weighted by Gasteiger charge is -2.38. The molecule has 2 amide bonds. The maximum Gasteiger partial charge on any atom is 0.262 e. The van der Waals surface area contributed by atoms with Crippen LogP contribution < -0.4 is 10.1 Å². The Morgan fingerprint density at radius 1 is 1.03 bits per heavy atom. The Labute approximate surface area is 198 Å². The normalized spacial score (nSPS) is 17.1. The fourth-order valence-electron chi connectivity index (χ4n) is 4.47. The van der Waals surface area contributed by atoms with Gasteiger partial charge in [-0.1, -0.05) is 35.9 Å². The Kier molecular flexibility index (Phi) is 6.05. The number of hydrogen-bond acceptors (Lipinski definition) is 3. The molecule has 5 nitrogen and oxygen atoms in total. The molecule has 1 atom stereocenters. The van der Waals surface area contributed by atoms with Crippen LogP contribution in [0.5, 0.6) is 5.75 Å². The number of halogens is 1. The summed E-state index contributed by atoms with van der Waals surface area (Å²) in [5.74, 6) is 0.252. The first-order valence-corrected chi connectivity index (χ1v) is 11.7. The molecule has 1 unspecified atom stereocenters. The van der Waals surface area contributed by atoms with Crippen LogP contribution in [-0.4, -0.2) is 29.9 Å². The summed E-state index contributed by atoms with van der Waals surface area (Å²) in [5, 5.41) is 2.83. The van der Waals surface area contributed by atoms with Gasteiger partial charge in [0.2, 0.25) is 5.91 Å². The summed E-state index contributed by atoms with van der Waals surface area (Å²) in [6, 6.07) is 19.4. The number of fused-ring (bicyclic) bond motifs is 1. The third-order valence-corrected chi connectivity index (χ3v) is 6.45. The van der Waals surface area contributed by atoms with Crippen LogP contribution in [0.4, 0.5) is 10.1 Å². The van der Waals surface area contributed by atoms with Gasteiger partial charge < -0.3 is 15.0 Å². The largest absolute Gasteiger partial charge is 0.484 e. The minimum absolute atomic E-state index is 0.0920. The summed E-state index contributed by atoms with van der Waals surface area (Å²) in [6.45, 7) is 2.49. The zero-order valence-corrected chi connectivity index (χ0v) is 19.1. The second-order valence-corrected chi connectivity index (χ2v) is 9.07. The highest BCUT2D eigenvalue weighted by molar-refractivity contribution is 5.91. The summed E-state index contributed by atoms with van der Waals surface area (Å²) in [6.07, 6.45) is 2.61. The van der Waals surface area contributed by atoms with Gasteiger partial charge in [0, 0.05) is 18.2 Å². The van der Waals surface area contributed by atoms with Crippen LogP contribution in [0, 0.1) is 18.7 Å². The molecule has 1 saturated carbocycles. The minimum Gasteiger partial charge on any atom is -0.484 e. The fraction of sp³-hybridized carbons (Fsp3) is 0.286. The number of benzene rings is 3. The summed E-state index contributed by atoms with van der Waals surface area (Å²) < 4.78 is 19.4. The van der Waals surface area contributed by atoms with E-state index in [1.807, 2.05) is 54.3 Å². The zero-order valence-electron chi connectivity index (χ0n) is 19.1. The van der Waals surface area contributed by atoms with E-state index in [2.05, 4.69) is 5.32 Å². The molecule has 3 aromatic rings. The average molecular weight is 459 g/mol. The van der Waals surface area contributed by atoms with E-state index in [9.17, 15) is 14.0 Å². The number of rotatable bonds is 6. The van der Waals surface area contributed by atoms with Crippen molar-refractivity contribution in [3.8, 4) is 5.75 Å². The molecule has 34 heavy (non-hydrogen) atoms. The number of aryl methyl sites for hydroxylation is 1. The number of amides is 2. The van der Waals surface area contributed by atoms with Gasteiger partial charge in [-0.3, -0.25) is 9.59 Å². The Morgan fingerprint density at radius 2 is 1.76 bits per heavy atom. The van der Waals surface area contributed by atoms with E-state index in [1.54, 1.807) is 12.1 Å². The molecular formula is C28H27FN2O3. The molecule has 1 heterocycles. The number of nitrogens with zero attached hydrogens (tertiary/aromatic N) is 1. The van der Waals surface area contributed by atoms with Crippen LogP contribution in [0.1, 0.15) is 41.1 Å². The van der Waals surface area contributed by atoms with E-state index < -0.39 is 0 Å². The second kappa shape index (κ2) is 9.29. The van der Waals surface area contributed by atoms with Crippen molar-refractivity contribution in [1.82, 2.24) is 4.90 Å². The lowest BCUT2D eigenvalue weighted by atomic mass is 9.87. The van der Waals surface area contributed by atoms with Crippen LogP contribution in [0.15, 0.2) is 66.7 Å².